The van der Waals surface area contributed by atoms with Gasteiger partial charge in [-0.15, -0.1) is 0 Å². The standard InChI is InChI=1S/C21H22Cl2F3N3O4S/c1-13(20(31)27-2)28(11-14-4-7-16(22)8-5-14)19(30)12-29(34(3,32)33)18-10-15(21(24,25)26)6-9-17(18)23/h4-10,13H,11-12H2,1-3H3,(H,27,31)/t13-/m1/s1. The topological polar surface area (TPSA) is 86.8 Å². The first-order valence-corrected chi connectivity index (χ1v) is 12.4. The highest BCUT2D eigenvalue weighted by Gasteiger charge is 2.34. The van der Waals surface area contributed by atoms with Crippen LogP contribution >= 0.6 is 23.2 Å². The second kappa shape index (κ2) is 10.8. The summed E-state index contributed by atoms with van der Waals surface area (Å²) in [5, 5.41) is 2.56. The largest absolute Gasteiger partial charge is 0.416 e. The fourth-order valence-corrected chi connectivity index (χ4v) is 4.30. The third-order valence-corrected chi connectivity index (χ3v) is 6.60. The number of sulfonamides is 1. The van der Waals surface area contributed by atoms with E-state index in [4.69, 9.17) is 23.2 Å². The molecule has 0 aliphatic heterocycles. The number of alkyl halides is 3. The Bertz CT molecular complexity index is 1160. The zero-order valence-corrected chi connectivity index (χ0v) is 20.7. The van der Waals surface area contributed by atoms with Crippen molar-refractivity contribution in [3.8, 4) is 0 Å². The molecule has 2 rings (SSSR count). The second-order valence-corrected chi connectivity index (χ2v) is 10.1. The molecule has 0 aliphatic rings. The van der Waals surface area contributed by atoms with Crippen LogP contribution in [0.4, 0.5) is 18.9 Å². The number of amides is 2. The predicted octanol–water partition coefficient (Wildman–Crippen LogP) is 3.94. The van der Waals surface area contributed by atoms with E-state index in [1.165, 1.54) is 14.0 Å². The van der Waals surface area contributed by atoms with Crippen molar-refractivity contribution in [3.05, 3.63) is 63.6 Å². The normalized spacial score (nSPS) is 12.7. The van der Waals surface area contributed by atoms with Gasteiger partial charge in [0.25, 0.3) is 0 Å². The monoisotopic (exact) mass is 539 g/mol. The summed E-state index contributed by atoms with van der Waals surface area (Å²) in [6, 6.07) is 7.54. The fourth-order valence-electron chi connectivity index (χ4n) is 3.05. The number of halogens is 5. The maximum Gasteiger partial charge on any atom is 0.416 e. The first-order valence-electron chi connectivity index (χ1n) is 9.75. The summed E-state index contributed by atoms with van der Waals surface area (Å²) in [5.74, 6) is -1.35. The van der Waals surface area contributed by atoms with E-state index in [9.17, 15) is 31.2 Å². The molecular weight excluding hydrogens is 518 g/mol. The zero-order valence-electron chi connectivity index (χ0n) is 18.4. The number of carbonyl (C=O) groups is 2. The average Bonchev–Trinajstić information content (AvgIpc) is 2.74. The summed E-state index contributed by atoms with van der Waals surface area (Å²) in [6.45, 7) is 0.474. The lowest BCUT2D eigenvalue weighted by atomic mass is 10.1. The minimum Gasteiger partial charge on any atom is -0.357 e. The van der Waals surface area contributed by atoms with E-state index in [-0.39, 0.29) is 11.6 Å². The van der Waals surface area contributed by atoms with Gasteiger partial charge in [-0.05, 0) is 42.8 Å². The summed E-state index contributed by atoms with van der Waals surface area (Å²) in [4.78, 5) is 26.6. The van der Waals surface area contributed by atoms with Crippen molar-refractivity contribution >= 4 is 50.7 Å². The molecule has 0 bridgehead atoms. The predicted molar refractivity (Wildman–Crippen MR) is 124 cm³/mol. The Kier molecular flexibility index (Phi) is 8.84. The van der Waals surface area contributed by atoms with Crippen molar-refractivity contribution in [1.29, 1.82) is 0 Å². The summed E-state index contributed by atoms with van der Waals surface area (Å²) >= 11 is 11.9. The van der Waals surface area contributed by atoms with Crippen molar-refractivity contribution < 1.29 is 31.2 Å². The molecule has 0 aromatic heterocycles. The lowest BCUT2D eigenvalue weighted by molar-refractivity contribution is -0.139. The molecule has 0 saturated heterocycles. The van der Waals surface area contributed by atoms with Gasteiger partial charge in [-0.3, -0.25) is 13.9 Å². The Morgan fingerprint density at radius 1 is 1.09 bits per heavy atom. The number of nitrogens with one attached hydrogen (secondary N) is 1. The molecule has 0 aliphatic carbocycles. The third-order valence-electron chi connectivity index (χ3n) is 4.90. The lowest BCUT2D eigenvalue weighted by Gasteiger charge is -2.31. The van der Waals surface area contributed by atoms with Crippen LogP contribution in [0.3, 0.4) is 0 Å². The first kappa shape index (κ1) is 27.7. The van der Waals surface area contributed by atoms with Gasteiger partial charge in [0, 0.05) is 18.6 Å². The van der Waals surface area contributed by atoms with E-state index >= 15 is 0 Å². The summed E-state index contributed by atoms with van der Waals surface area (Å²) in [6.07, 6.45) is -4.02. The highest BCUT2D eigenvalue weighted by atomic mass is 35.5. The van der Waals surface area contributed by atoms with E-state index < -0.39 is 51.9 Å². The van der Waals surface area contributed by atoms with Crippen LogP contribution in [0, 0.1) is 0 Å². The van der Waals surface area contributed by atoms with Gasteiger partial charge in [-0.1, -0.05) is 35.3 Å². The smallest absolute Gasteiger partial charge is 0.357 e. The number of anilines is 1. The molecule has 0 unspecified atom stereocenters. The van der Waals surface area contributed by atoms with Gasteiger partial charge < -0.3 is 10.2 Å². The molecule has 1 atom stereocenters. The molecule has 0 spiro atoms. The van der Waals surface area contributed by atoms with E-state index in [0.717, 1.165) is 17.2 Å². The van der Waals surface area contributed by atoms with Gasteiger partial charge in [0.2, 0.25) is 21.8 Å². The Hall–Kier alpha value is -2.50. The number of rotatable bonds is 8. The van der Waals surface area contributed by atoms with Gasteiger partial charge in [0.05, 0.1) is 22.5 Å². The van der Waals surface area contributed by atoms with E-state index in [0.29, 0.717) is 27.0 Å². The highest BCUT2D eigenvalue weighted by molar-refractivity contribution is 7.92. The number of likely N-dealkylation sites (N-methyl/N-ethyl adjacent to an activating group) is 1. The zero-order chi connectivity index (χ0) is 25.8. The molecule has 0 fully saturated rings. The summed E-state index contributed by atoms with van der Waals surface area (Å²) in [7, 11) is -2.88. The number of hydrogen-bond acceptors (Lipinski definition) is 4. The Labute approximate surface area is 205 Å². The van der Waals surface area contributed by atoms with Crippen LogP contribution in [0.2, 0.25) is 10.0 Å². The van der Waals surface area contributed by atoms with Gasteiger partial charge in [0.1, 0.15) is 12.6 Å². The van der Waals surface area contributed by atoms with Gasteiger partial charge in [0.15, 0.2) is 0 Å². The molecule has 186 valence electrons. The van der Waals surface area contributed by atoms with Crippen molar-refractivity contribution in [2.75, 3.05) is 24.2 Å². The summed E-state index contributed by atoms with van der Waals surface area (Å²) < 4.78 is 65.1. The summed E-state index contributed by atoms with van der Waals surface area (Å²) in [5.41, 5.74) is -1.05. The van der Waals surface area contributed by atoms with Crippen molar-refractivity contribution in [2.24, 2.45) is 0 Å². The molecule has 13 heteroatoms. The van der Waals surface area contributed by atoms with Crippen molar-refractivity contribution in [3.63, 3.8) is 0 Å². The maximum atomic E-state index is 13.2. The van der Waals surface area contributed by atoms with Crippen molar-refractivity contribution in [1.82, 2.24) is 10.2 Å². The molecule has 0 saturated carbocycles. The molecule has 1 N–H and O–H groups in total. The maximum absolute atomic E-state index is 13.2. The van der Waals surface area contributed by atoms with Gasteiger partial charge >= 0.3 is 6.18 Å². The SMILES string of the molecule is CNC(=O)[C@@H](C)N(Cc1ccc(Cl)cc1)C(=O)CN(c1cc(C(F)(F)F)ccc1Cl)S(C)(=O)=O. The highest BCUT2D eigenvalue weighted by Crippen LogP contribution is 2.36. The van der Waals surface area contributed by atoms with Crippen LogP contribution in [0.25, 0.3) is 0 Å². The average molecular weight is 540 g/mol. The Morgan fingerprint density at radius 2 is 1.68 bits per heavy atom. The quantitative estimate of drug-likeness (QED) is 0.550. The fraction of sp³-hybridized carbons (Fsp3) is 0.333. The lowest BCUT2D eigenvalue weighted by Crippen LogP contribution is -2.50. The van der Waals surface area contributed by atoms with E-state index in [1.54, 1.807) is 24.3 Å². The molecule has 7 nitrogen and oxygen atoms in total. The van der Waals surface area contributed by atoms with Gasteiger partial charge in [-0.2, -0.15) is 13.2 Å². The molecule has 2 amide bonds. The van der Waals surface area contributed by atoms with Crippen LogP contribution in [0.15, 0.2) is 42.5 Å². The Morgan fingerprint density at radius 3 is 2.18 bits per heavy atom. The van der Waals surface area contributed by atoms with Crippen LogP contribution in [0.5, 0.6) is 0 Å². The number of carbonyl (C=O) groups excluding carboxylic acids is 2. The number of hydrogen-bond donors (Lipinski definition) is 1. The minimum atomic E-state index is -4.76. The third kappa shape index (κ3) is 7.00. The first-order chi connectivity index (χ1) is 15.6. The molecule has 0 radical (unpaired) electrons. The van der Waals surface area contributed by atoms with Crippen molar-refractivity contribution in [2.45, 2.75) is 25.7 Å². The van der Waals surface area contributed by atoms with E-state index in [1.807, 2.05) is 0 Å². The second-order valence-electron chi connectivity index (χ2n) is 7.37. The molecule has 2 aromatic carbocycles. The van der Waals surface area contributed by atoms with E-state index in [2.05, 4.69) is 5.32 Å². The number of nitrogens with zero attached hydrogens (tertiary/aromatic N) is 2. The molecule has 34 heavy (non-hydrogen) atoms. The Balaban J connectivity index is 2.48. The van der Waals surface area contributed by atoms with Crippen LogP contribution < -0.4 is 9.62 Å². The van der Waals surface area contributed by atoms with Gasteiger partial charge in [-0.25, -0.2) is 8.42 Å². The molecule has 2 aromatic rings. The molecule has 0 heterocycles. The van der Waals surface area contributed by atoms with Crippen LogP contribution in [0.1, 0.15) is 18.1 Å². The van der Waals surface area contributed by atoms with Crippen LogP contribution in [-0.2, 0) is 32.3 Å². The van der Waals surface area contributed by atoms with Crippen LogP contribution in [-0.4, -0.2) is 51.0 Å². The molecular formula is C21H22Cl2F3N3O4S. The minimum absolute atomic E-state index is 0.0848. The number of benzene rings is 2.